The standard InChI is InChI=1S/C15H28/c1-4-5-6-7-8-13-9-14-10-15(13)12(3)11(14)2/h11-15H,4-10H2,1-3H3. The van der Waals surface area contributed by atoms with Crippen LogP contribution in [0.5, 0.6) is 0 Å². The summed E-state index contributed by atoms with van der Waals surface area (Å²) in [6.45, 7) is 7.30. The van der Waals surface area contributed by atoms with Gasteiger partial charge in [0.05, 0.1) is 0 Å². The zero-order valence-corrected chi connectivity index (χ0v) is 10.8. The van der Waals surface area contributed by atoms with E-state index in [2.05, 4.69) is 20.8 Å². The van der Waals surface area contributed by atoms with Gasteiger partial charge in [-0.3, -0.25) is 0 Å². The van der Waals surface area contributed by atoms with Gasteiger partial charge < -0.3 is 0 Å². The van der Waals surface area contributed by atoms with E-state index in [1.807, 2.05) is 0 Å². The summed E-state index contributed by atoms with van der Waals surface area (Å²) in [5.41, 5.74) is 0. The monoisotopic (exact) mass is 208 g/mol. The molecule has 0 radical (unpaired) electrons. The van der Waals surface area contributed by atoms with Gasteiger partial charge in [0.15, 0.2) is 0 Å². The third kappa shape index (κ3) is 2.24. The molecule has 15 heavy (non-hydrogen) atoms. The normalized spacial score (nSPS) is 43.8. The summed E-state index contributed by atoms with van der Waals surface area (Å²) < 4.78 is 0. The van der Waals surface area contributed by atoms with Crippen molar-refractivity contribution in [3.8, 4) is 0 Å². The molecule has 0 amide bonds. The molecule has 0 heteroatoms. The van der Waals surface area contributed by atoms with Crippen molar-refractivity contribution in [2.75, 3.05) is 0 Å². The first-order chi connectivity index (χ1) is 7.24. The van der Waals surface area contributed by atoms with E-state index >= 15 is 0 Å². The maximum Gasteiger partial charge on any atom is -0.0355 e. The topological polar surface area (TPSA) is 0 Å². The lowest BCUT2D eigenvalue weighted by molar-refractivity contribution is 0.178. The number of unbranched alkanes of at least 4 members (excludes halogenated alkanes) is 3. The Morgan fingerprint density at radius 3 is 2.33 bits per heavy atom. The second-order valence-electron chi connectivity index (χ2n) is 6.22. The van der Waals surface area contributed by atoms with Crippen LogP contribution in [0.1, 0.15) is 65.7 Å². The van der Waals surface area contributed by atoms with Crippen molar-refractivity contribution >= 4 is 0 Å². The minimum atomic E-state index is 1.03. The molecule has 2 rings (SSSR count). The average Bonchev–Trinajstić information content (AvgIpc) is 2.75. The molecule has 5 unspecified atom stereocenters. The largest absolute Gasteiger partial charge is 0.0654 e. The van der Waals surface area contributed by atoms with E-state index in [-0.39, 0.29) is 0 Å². The zero-order chi connectivity index (χ0) is 10.8. The Balaban J connectivity index is 1.73. The quantitative estimate of drug-likeness (QED) is 0.565. The molecule has 2 fully saturated rings. The molecule has 2 saturated carbocycles. The van der Waals surface area contributed by atoms with Gasteiger partial charge in [-0.15, -0.1) is 0 Å². The van der Waals surface area contributed by atoms with Gasteiger partial charge in [0, 0.05) is 0 Å². The van der Waals surface area contributed by atoms with Gasteiger partial charge >= 0.3 is 0 Å². The first-order valence-corrected chi connectivity index (χ1v) is 7.24. The van der Waals surface area contributed by atoms with E-state index in [9.17, 15) is 0 Å². The third-order valence-corrected chi connectivity index (χ3v) is 5.46. The number of hydrogen-bond acceptors (Lipinski definition) is 0. The van der Waals surface area contributed by atoms with Crippen molar-refractivity contribution in [1.82, 2.24) is 0 Å². The van der Waals surface area contributed by atoms with Gasteiger partial charge in [-0.2, -0.15) is 0 Å². The SMILES string of the molecule is CCCCCCC1CC2CC1C(C)C2C. The van der Waals surface area contributed by atoms with Crippen LogP contribution in [0.3, 0.4) is 0 Å². The van der Waals surface area contributed by atoms with E-state index in [0.29, 0.717) is 0 Å². The van der Waals surface area contributed by atoms with Crippen molar-refractivity contribution in [3.63, 3.8) is 0 Å². The Bertz CT molecular complexity index is 194. The molecule has 2 bridgehead atoms. The zero-order valence-electron chi connectivity index (χ0n) is 10.8. The number of rotatable bonds is 5. The highest BCUT2D eigenvalue weighted by Gasteiger charge is 2.47. The fourth-order valence-electron chi connectivity index (χ4n) is 4.26. The summed E-state index contributed by atoms with van der Waals surface area (Å²) in [4.78, 5) is 0. The number of fused-ring (bicyclic) bond motifs is 2. The van der Waals surface area contributed by atoms with Crippen molar-refractivity contribution in [2.24, 2.45) is 29.6 Å². The lowest BCUT2D eigenvalue weighted by atomic mass is 9.74. The van der Waals surface area contributed by atoms with E-state index in [1.54, 1.807) is 12.8 Å². The van der Waals surface area contributed by atoms with Crippen LogP contribution in [0.4, 0.5) is 0 Å². The van der Waals surface area contributed by atoms with Crippen LogP contribution in [0, 0.1) is 29.6 Å². The maximum atomic E-state index is 2.51. The molecule has 5 atom stereocenters. The van der Waals surface area contributed by atoms with Crippen LogP contribution in [0.2, 0.25) is 0 Å². The highest BCUT2D eigenvalue weighted by Crippen LogP contribution is 2.56. The lowest BCUT2D eigenvalue weighted by Gasteiger charge is -2.31. The highest BCUT2D eigenvalue weighted by molar-refractivity contribution is 4.97. The van der Waals surface area contributed by atoms with E-state index < -0.39 is 0 Å². The van der Waals surface area contributed by atoms with Gasteiger partial charge in [0.1, 0.15) is 0 Å². The molecule has 0 aliphatic heterocycles. The molecule has 2 aliphatic rings. The Morgan fingerprint density at radius 1 is 0.933 bits per heavy atom. The van der Waals surface area contributed by atoms with Crippen LogP contribution in [0.25, 0.3) is 0 Å². The fourth-order valence-corrected chi connectivity index (χ4v) is 4.26. The predicted octanol–water partition coefficient (Wildman–Crippen LogP) is 4.89. The summed E-state index contributed by atoms with van der Waals surface area (Å²) in [6, 6.07) is 0. The molecule has 0 spiro atoms. The Kier molecular flexibility index (Phi) is 3.74. The van der Waals surface area contributed by atoms with Crippen LogP contribution in [-0.2, 0) is 0 Å². The third-order valence-electron chi connectivity index (χ3n) is 5.46. The van der Waals surface area contributed by atoms with E-state index in [1.165, 1.54) is 32.1 Å². The fraction of sp³-hybridized carbons (Fsp3) is 1.00. The van der Waals surface area contributed by atoms with Gasteiger partial charge in [0.2, 0.25) is 0 Å². The molecular formula is C15H28. The average molecular weight is 208 g/mol. The molecule has 0 N–H and O–H groups in total. The van der Waals surface area contributed by atoms with Crippen molar-refractivity contribution < 1.29 is 0 Å². The van der Waals surface area contributed by atoms with Crippen LogP contribution in [0.15, 0.2) is 0 Å². The molecule has 0 aromatic rings. The Labute approximate surface area is 95.8 Å². The molecule has 0 aromatic heterocycles. The minimum Gasteiger partial charge on any atom is -0.0654 e. The maximum absolute atomic E-state index is 2.51. The summed E-state index contributed by atoms with van der Waals surface area (Å²) in [5, 5.41) is 0. The summed E-state index contributed by atoms with van der Waals surface area (Å²) in [5.74, 6) is 5.37. The lowest BCUT2D eigenvalue weighted by Crippen LogP contribution is -2.24. The highest BCUT2D eigenvalue weighted by atomic mass is 14.5. The molecule has 0 nitrogen and oxygen atoms in total. The van der Waals surface area contributed by atoms with Crippen LogP contribution < -0.4 is 0 Å². The molecule has 2 aliphatic carbocycles. The van der Waals surface area contributed by atoms with Crippen molar-refractivity contribution in [3.05, 3.63) is 0 Å². The second-order valence-corrected chi connectivity index (χ2v) is 6.22. The Hall–Kier alpha value is 0. The molecule has 0 aromatic carbocycles. The van der Waals surface area contributed by atoms with Gasteiger partial charge in [-0.1, -0.05) is 52.9 Å². The summed E-state index contributed by atoms with van der Waals surface area (Å²) in [6.07, 6.45) is 10.5. The first-order valence-electron chi connectivity index (χ1n) is 7.24. The predicted molar refractivity (Wildman–Crippen MR) is 66.8 cm³/mol. The van der Waals surface area contributed by atoms with Crippen molar-refractivity contribution in [2.45, 2.75) is 65.7 Å². The summed E-state index contributed by atoms with van der Waals surface area (Å²) >= 11 is 0. The number of hydrogen-bond donors (Lipinski definition) is 0. The van der Waals surface area contributed by atoms with E-state index in [0.717, 1.165) is 29.6 Å². The molecule has 0 heterocycles. The van der Waals surface area contributed by atoms with Gasteiger partial charge in [-0.05, 0) is 42.4 Å². The second kappa shape index (κ2) is 4.89. The molecule has 88 valence electrons. The van der Waals surface area contributed by atoms with Gasteiger partial charge in [0.25, 0.3) is 0 Å². The van der Waals surface area contributed by atoms with Crippen molar-refractivity contribution in [1.29, 1.82) is 0 Å². The van der Waals surface area contributed by atoms with Crippen LogP contribution in [-0.4, -0.2) is 0 Å². The van der Waals surface area contributed by atoms with Crippen LogP contribution >= 0.6 is 0 Å². The van der Waals surface area contributed by atoms with Gasteiger partial charge in [-0.25, -0.2) is 0 Å². The summed E-state index contributed by atoms with van der Waals surface area (Å²) in [7, 11) is 0. The molecule has 0 saturated heterocycles. The first kappa shape index (κ1) is 11.5. The minimum absolute atomic E-state index is 1.03. The van der Waals surface area contributed by atoms with E-state index in [4.69, 9.17) is 0 Å². The Morgan fingerprint density at radius 2 is 1.73 bits per heavy atom. The smallest absolute Gasteiger partial charge is 0.0355 e. The molecular weight excluding hydrogens is 180 g/mol.